The lowest BCUT2D eigenvalue weighted by Crippen LogP contribution is -2.38. The smallest absolute Gasteiger partial charge is 0.343 e. The van der Waals surface area contributed by atoms with E-state index in [9.17, 15) is 9.59 Å². The van der Waals surface area contributed by atoms with E-state index in [1.807, 2.05) is 48.7 Å². The van der Waals surface area contributed by atoms with Gasteiger partial charge in [-0.2, -0.15) is 0 Å². The number of Topliss-reactive ketones (excluding diaryl/α,β-unsaturated/α-hetero) is 1. The van der Waals surface area contributed by atoms with Crippen molar-refractivity contribution in [1.82, 2.24) is 14.9 Å². The number of fused-ring (bicyclic) bond motifs is 1. The number of ketones is 1. The van der Waals surface area contributed by atoms with Crippen LogP contribution in [0.4, 0.5) is 5.69 Å². The Morgan fingerprint density at radius 1 is 1.22 bits per heavy atom. The number of anilines is 1. The summed E-state index contributed by atoms with van der Waals surface area (Å²) in [5.74, 6) is -0.325. The number of H-pyrrole nitrogens is 1. The van der Waals surface area contributed by atoms with Crippen LogP contribution in [0.1, 0.15) is 18.9 Å². The van der Waals surface area contributed by atoms with Crippen LogP contribution >= 0.6 is 0 Å². The lowest BCUT2D eigenvalue weighted by Gasteiger charge is -2.26. The van der Waals surface area contributed by atoms with E-state index >= 15 is 0 Å². The summed E-state index contributed by atoms with van der Waals surface area (Å²) >= 11 is 0. The first kappa shape index (κ1) is 24.7. The average molecular weight is 503 g/mol. The normalized spacial score (nSPS) is 17.5. The van der Waals surface area contributed by atoms with Crippen molar-refractivity contribution in [2.45, 2.75) is 13.3 Å². The molecular formula is C28H30N4O5. The number of hydrogen-bond donors (Lipinski definition) is 2. The molecular weight excluding hydrogens is 472 g/mol. The molecule has 0 saturated carbocycles. The number of esters is 1. The summed E-state index contributed by atoms with van der Waals surface area (Å²) in [5, 5.41) is 4.21. The molecule has 0 bridgehead atoms. The van der Waals surface area contributed by atoms with Crippen molar-refractivity contribution in [3.05, 3.63) is 71.2 Å². The van der Waals surface area contributed by atoms with Gasteiger partial charge in [0.1, 0.15) is 23.6 Å². The van der Waals surface area contributed by atoms with Gasteiger partial charge < -0.3 is 24.5 Å². The van der Waals surface area contributed by atoms with Crippen LogP contribution in [0.2, 0.25) is 0 Å². The van der Waals surface area contributed by atoms with Crippen molar-refractivity contribution in [1.29, 1.82) is 0 Å². The molecule has 37 heavy (non-hydrogen) atoms. The van der Waals surface area contributed by atoms with E-state index in [0.717, 1.165) is 49.4 Å². The van der Waals surface area contributed by atoms with Gasteiger partial charge in [0.15, 0.2) is 5.78 Å². The Hall–Kier alpha value is -3.95. The summed E-state index contributed by atoms with van der Waals surface area (Å²) in [6.07, 6.45) is 5.59. The van der Waals surface area contributed by atoms with Crippen LogP contribution < -0.4 is 10.1 Å². The van der Waals surface area contributed by atoms with Gasteiger partial charge in [-0.3, -0.25) is 9.69 Å². The van der Waals surface area contributed by atoms with Gasteiger partial charge in [0.05, 0.1) is 25.5 Å². The Morgan fingerprint density at radius 2 is 2.05 bits per heavy atom. The van der Waals surface area contributed by atoms with E-state index in [1.165, 1.54) is 0 Å². The molecule has 1 fully saturated rings. The summed E-state index contributed by atoms with van der Waals surface area (Å²) in [6.45, 7) is 6.46. The highest BCUT2D eigenvalue weighted by Gasteiger charge is 2.34. The Kier molecular flexibility index (Phi) is 7.62. The number of nitrogens with one attached hydrogen (secondary N) is 2. The fraction of sp³-hybridized carbons (Fsp3) is 0.321. The average Bonchev–Trinajstić information content (AvgIpc) is 3.46. The van der Waals surface area contributed by atoms with Crippen molar-refractivity contribution in [3.63, 3.8) is 0 Å². The molecule has 0 spiro atoms. The topological polar surface area (TPSA) is 106 Å². The first-order valence-electron chi connectivity index (χ1n) is 12.5. The molecule has 192 valence electrons. The van der Waals surface area contributed by atoms with E-state index in [0.29, 0.717) is 29.3 Å². The third-order valence-corrected chi connectivity index (χ3v) is 6.42. The molecule has 2 N–H and O–H groups in total. The molecule has 5 rings (SSSR count). The predicted octanol–water partition coefficient (Wildman–Crippen LogP) is 3.56. The number of ether oxygens (including phenoxy) is 3. The van der Waals surface area contributed by atoms with Crippen molar-refractivity contribution in [2.75, 3.05) is 51.4 Å². The zero-order valence-electron chi connectivity index (χ0n) is 20.8. The standard InChI is InChI=1S/C28H30N4O5/c1-2-36-28(34)25-23(17-19(26(25)33)16-20-18-30-27-21(20)6-5-9-29-27)31-22-7-3-4-8-24(22)37-15-12-32-10-13-35-14-11-32/h3-9,16,18,31H,2,10-15,17H2,1H3,(H,29,30)/b19-16+. The minimum Gasteiger partial charge on any atom is -0.490 e. The summed E-state index contributed by atoms with van der Waals surface area (Å²) < 4.78 is 16.7. The molecule has 2 aliphatic rings. The van der Waals surface area contributed by atoms with E-state index in [2.05, 4.69) is 20.2 Å². The SMILES string of the molecule is CCOC(=O)C1=C(Nc2ccccc2OCCN2CCOCC2)C/C(=C\c2c[nH]c3ncccc23)C1=O. The Bertz CT molecular complexity index is 1350. The lowest BCUT2D eigenvalue weighted by atomic mass is 10.1. The maximum Gasteiger partial charge on any atom is 0.343 e. The minimum atomic E-state index is -0.635. The molecule has 9 heteroatoms. The fourth-order valence-corrected chi connectivity index (χ4v) is 4.55. The summed E-state index contributed by atoms with van der Waals surface area (Å²) in [7, 11) is 0. The molecule has 0 atom stereocenters. The van der Waals surface area contributed by atoms with E-state index in [4.69, 9.17) is 14.2 Å². The number of nitrogens with zero attached hydrogens (tertiary/aromatic N) is 2. The van der Waals surface area contributed by atoms with Crippen LogP contribution in [-0.4, -0.2) is 72.7 Å². The van der Waals surface area contributed by atoms with Gasteiger partial charge in [-0.1, -0.05) is 12.1 Å². The van der Waals surface area contributed by atoms with Crippen molar-refractivity contribution < 1.29 is 23.8 Å². The van der Waals surface area contributed by atoms with Gasteiger partial charge in [0.2, 0.25) is 0 Å². The summed E-state index contributed by atoms with van der Waals surface area (Å²) in [4.78, 5) is 35.9. The minimum absolute atomic E-state index is 0.0224. The molecule has 1 aliphatic heterocycles. The Morgan fingerprint density at radius 3 is 2.89 bits per heavy atom. The van der Waals surface area contributed by atoms with Crippen LogP contribution in [0.25, 0.3) is 17.1 Å². The molecule has 1 aromatic carbocycles. The quantitative estimate of drug-likeness (QED) is 0.260. The number of hydrogen-bond acceptors (Lipinski definition) is 8. The van der Waals surface area contributed by atoms with Gasteiger partial charge in [-0.25, -0.2) is 9.78 Å². The molecule has 3 aromatic rings. The van der Waals surface area contributed by atoms with Gasteiger partial charge in [0.25, 0.3) is 0 Å². The van der Waals surface area contributed by atoms with Gasteiger partial charge in [0, 0.05) is 60.7 Å². The molecule has 0 radical (unpaired) electrons. The summed E-state index contributed by atoms with van der Waals surface area (Å²) in [6, 6.07) is 11.3. The van der Waals surface area contributed by atoms with Crippen LogP contribution in [0.15, 0.2) is 65.6 Å². The Balaban J connectivity index is 1.37. The number of rotatable bonds is 9. The highest BCUT2D eigenvalue weighted by molar-refractivity contribution is 6.28. The number of benzene rings is 1. The highest BCUT2D eigenvalue weighted by atomic mass is 16.5. The number of aromatic nitrogens is 2. The van der Waals surface area contributed by atoms with Crippen molar-refractivity contribution >= 4 is 34.5 Å². The molecule has 9 nitrogen and oxygen atoms in total. The van der Waals surface area contributed by atoms with E-state index in [1.54, 1.807) is 13.1 Å². The number of morpholine rings is 1. The molecule has 0 amide bonds. The predicted molar refractivity (Wildman–Crippen MR) is 140 cm³/mol. The maximum atomic E-state index is 13.4. The zero-order chi connectivity index (χ0) is 25.6. The first-order valence-corrected chi connectivity index (χ1v) is 12.5. The van der Waals surface area contributed by atoms with Crippen LogP contribution in [-0.2, 0) is 19.1 Å². The molecule has 0 unspecified atom stereocenters. The molecule has 2 aromatic heterocycles. The second-order valence-corrected chi connectivity index (χ2v) is 8.82. The third-order valence-electron chi connectivity index (χ3n) is 6.42. The van der Waals surface area contributed by atoms with Gasteiger partial charge in [-0.05, 0) is 37.3 Å². The van der Waals surface area contributed by atoms with Crippen LogP contribution in [0.3, 0.4) is 0 Å². The van der Waals surface area contributed by atoms with E-state index in [-0.39, 0.29) is 24.4 Å². The van der Waals surface area contributed by atoms with E-state index < -0.39 is 5.97 Å². The largest absolute Gasteiger partial charge is 0.490 e. The Labute approximate surface area is 215 Å². The zero-order valence-corrected chi connectivity index (χ0v) is 20.8. The third kappa shape index (κ3) is 5.58. The monoisotopic (exact) mass is 502 g/mol. The summed E-state index contributed by atoms with van der Waals surface area (Å²) in [5.41, 5.74) is 3.28. The number of carbonyl (C=O) groups excluding carboxylic acids is 2. The highest BCUT2D eigenvalue weighted by Crippen LogP contribution is 2.35. The molecule has 1 saturated heterocycles. The maximum absolute atomic E-state index is 13.4. The lowest BCUT2D eigenvalue weighted by molar-refractivity contribution is -0.139. The van der Waals surface area contributed by atoms with Crippen molar-refractivity contribution in [3.8, 4) is 5.75 Å². The second kappa shape index (κ2) is 11.4. The first-order chi connectivity index (χ1) is 18.1. The number of para-hydroxylation sites is 2. The van der Waals surface area contributed by atoms with Crippen LogP contribution in [0.5, 0.6) is 5.75 Å². The number of allylic oxidation sites excluding steroid dienone is 1. The number of carbonyl (C=O) groups is 2. The van der Waals surface area contributed by atoms with Crippen LogP contribution in [0, 0.1) is 0 Å². The van der Waals surface area contributed by atoms with Gasteiger partial charge in [-0.15, -0.1) is 0 Å². The number of pyridine rings is 1. The number of aromatic amines is 1. The fourth-order valence-electron chi connectivity index (χ4n) is 4.55. The van der Waals surface area contributed by atoms with Gasteiger partial charge >= 0.3 is 5.97 Å². The second-order valence-electron chi connectivity index (χ2n) is 8.82. The molecule has 1 aliphatic carbocycles. The van der Waals surface area contributed by atoms with Crippen molar-refractivity contribution in [2.24, 2.45) is 0 Å². The molecule has 3 heterocycles.